The van der Waals surface area contributed by atoms with Gasteiger partial charge in [-0.15, -0.1) is 0 Å². The van der Waals surface area contributed by atoms with Crippen molar-refractivity contribution in [1.82, 2.24) is 9.97 Å². The highest BCUT2D eigenvalue weighted by atomic mass is 16.4. The Morgan fingerprint density at radius 2 is 2.17 bits per heavy atom. The largest absolute Gasteiger partial charge is 0.478 e. The van der Waals surface area contributed by atoms with Gasteiger partial charge in [0.15, 0.2) is 0 Å². The number of hydrogen-bond acceptors (Lipinski definition) is 5. The summed E-state index contributed by atoms with van der Waals surface area (Å²) in [7, 11) is 0. The maximum Gasteiger partial charge on any atom is 0.335 e. The summed E-state index contributed by atoms with van der Waals surface area (Å²) in [6.07, 6.45) is 4.77. The van der Waals surface area contributed by atoms with Gasteiger partial charge in [0.25, 0.3) is 0 Å². The van der Waals surface area contributed by atoms with E-state index in [4.69, 9.17) is 5.11 Å². The van der Waals surface area contributed by atoms with Crippen LogP contribution in [0, 0.1) is 6.92 Å². The summed E-state index contributed by atoms with van der Waals surface area (Å²) >= 11 is 0. The van der Waals surface area contributed by atoms with E-state index in [0.717, 1.165) is 5.56 Å². The van der Waals surface area contributed by atoms with Crippen LogP contribution in [0.15, 0.2) is 54.3 Å². The van der Waals surface area contributed by atoms with E-state index >= 15 is 0 Å². The van der Waals surface area contributed by atoms with Crippen LogP contribution in [0.4, 0.5) is 11.6 Å². The number of carbonyl (C=O) groups is 1. The number of aromatic carboxylic acids is 1. The first kappa shape index (κ1) is 16.1. The number of nitrogens with one attached hydrogen (secondary N) is 1. The fourth-order valence-corrected chi connectivity index (χ4v) is 1.91. The van der Waals surface area contributed by atoms with E-state index in [0.29, 0.717) is 22.9 Å². The van der Waals surface area contributed by atoms with Crippen LogP contribution in [-0.2, 0) is 0 Å². The third-order valence-electron chi connectivity index (χ3n) is 3.13. The molecule has 0 radical (unpaired) electrons. The highest BCUT2D eigenvalue weighted by Crippen LogP contribution is 2.21. The number of benzene rings is 1. The standard InChI is InChI=1S/C17H16N4O2/c1-4-12(10-18-3)14-7-8-19-17(20-14)21-15-9-13(16(22)23)6-5-11(15)2/h4-10H,1,3H2,2H3,(H,22,23)(H,19,20,21)/b12-10+. The first-order valence-corrected chi connectivity index (χ1v) is 6.78. The van der Waals surface area contributed by atoms with E-state index in [1.54, 1.807) is 42.7 Å². The lowest BCUT2D eigenvalue weighted by Crippen LogP contribution is -2.03. The Morgan fingerprint density at radius 3 is 2.83 bits per heavy atom. The van der Waals surface area contributed by atoms with E-state index in [9.17, 15) is 4.79 Å². The van der Waals surface area contributed by atoms with Gasteiger partial charge in [-0.2, -0.15) is 0 Å². The molecule has 0 amide bonds. The molecule has 0 saturated heterocycles. The van der Waals surface area contributed by atoms with Gasteiger partial charge in [0.2, 0.25) is 5.95 Å². The zero-order valence-corrected chi connectivity index (χ0v) is 12.7. The number of aliphatic imine (C=N–C) groups is 1. The highest BCUT2D eigenvalue weighted by molar-refractivity contribution is 5.89. The molecular weight excluding hydrogens is 292 g/mol. The van der Waals surface area contributed by atoms with Crippen molar-refractivity contribution in [2.24, 2.45) is 4.99 Å². The number of carboxylic acid groups (broad SMARTS) is 1. The monoisotopic (exact) mass is 308 g/mol. The Labute approximate surface area is 134 Å². The third-order valence-corrected chi connectivity index (χ3v) is 3.13. The van der Waals surface area contributed by atoms with E-state index in [1.807, 2.05) is 6.92 Å². The lowest BCUT2D eigenvalue weighted by atomic mass is 10.1. The van der Waals surface area contributed by atoms with Crippen molar-refractivity contribution in [2.45, 2.75) is 6.92 Å². The summed E-state index contributed by atoms with van der Waals surface area (Å²) in [6.45, 7) is 9.00. The predicted molar refractivity (Wildman–Crippen MR) is 91.2 cm³/mol. The lowest BCUT2D eigenvalue weighted by Gasteiger charge is -2.10. The van der Waals surface area contributed by atoms with Crippen LogP contribution < -0.4 is 5.32 Å². The van der Waals surface area contributed by atoms with Crippen LogP contribution in [-0.4, -0.2) is 27.8 Å². The van der Waals surface area contributed by atoms with Gasteiger partial charge in [-0.05, 0) is 37.4 Å². The molecule has 1 aromatic carbocycles. The van der Waals surface area contributed by atoms with E-state index in [1.165, 1.54) is 0 Å². The van der Waals surface area contributed by atoms with Crippen LogP contribution >= 0.6 is 0 Å². The molecule has 0 spiro atoms. The van der Waals surface area contributed by atoms with Gasteiger partial charge in [-0.1, -0.05) is 18.7 Å². The first-order valence-electron chi connectivity index (χ1n) is 6.78. The molecule has 1 heterocycles. The number of allylic oxidation sites excluding steroid dienone is 2. The Kier molecular flexibility index (Phi) is 4.99. The first-order chi connectivity index (χ1) is 11.0. The number of anilines is 2. The normalized spacial score (nSPS) is 10.9. The summed E-state index contributed by atoms with van der Waals surface area (Å²) in [5.41, 5.74) is 3.06. The van der Waals surface area contributed by atoms with Crippen LogP contribution in [0.25, 0.3) is 5.57 Å². The van der Waals surface area contributed by atoms with Gasteiger partial charge >= 0.3 is 5.97 Å². The molecule has 0 atom stereocenters. The molecule has 0 aliphatic heterocycles. The van der Waals surface area contributed by atoms with Crippen molar-refractivity contribution in [3.05, 3.63) is 66.1 Å². The van der Waals surface area contributed by atoms with Gasteiger partial charge < -0.3 is 10.4 Å². The van der Waals surface area contributed by atoms with Gasteiger partial charge in [0.1, 0.15) is 0 Å². The molecule has 116 valence electrons. The van der Waals surface area contributed by atoms with Gasteiger partial charge in [-0.25, -0.2) is 14.8 Å². The summed E-state index contributed by atoms with van der Waals surface area (Å²) < 4.78 is 0. The van der Waals surface area contributed by atoms with Gasteiger partial charge in [0, 0.05) is 23.7 Å². The second kappa shape index (κ2) is 7.13. The van der Waals surface area contributed by atoms with Crippen molar-refractivity contribution in [3.8, 4) is 0 Å². The molecule has 1 aromatic heterocycles. The van der Waals surface area contributed by atoms with Gasteiger partial charge in [-0.3, -0.25) is 4.99 Å². The number of rotatable bonds is 6. The zero-order chi connectivity index (χ0) is 16.8. The predicted octanol–water partition coefficient (Wildman–Crippen LogP) is 3.45. The van der Waals surface area contributed by atoms with Crippen LogP contribution in [0.5, 0.6) is 0 Å². The second-order valence-electron chi connectivity index (χ2n) is 4.70. The molecule has 0 saturated carbocycles. The molecule has 2 aromatic rings. The summed E-state index contributed by atoms with van der Waals surface area (Å²) in [4.78, 5) is 23.3. The summed E-state index contributed by atoms with van der Waals surface area (Å²) in [6, 6.07) is 6.55. The molecule has 0 unspecified atom stereocenters. The Morgan fingerprint density at radius 1 is 1.39 bits per heavy atom. The minimum Gasteiger partial charge on any atom is -0.478 e. The molecule has 2 rings (SSSR count). The van der Waals surface area contributed by atoms with Crippen LogP contribution in [0.1, 0.15) is 21.6 Å². The molecule has 0 bridgehead atoms. The third kappa shape index (κ3) is 3.88. The van der Waals surface area contributed by atoms with Gasteiger partial charge in [0.05, 0.1) is 11.3 Å². The van der Waals surface area contributed by atoms with Crippen molar-refractivity contribution >= 4 is 29.9 Å². The van der Waals surface area contributed by atoms with Crippen molar-refractivity contribution in [2.75, 3.05) is 5.32 Å². The molecule has 0 aliphatic rings. The average molecular weight is 308 g/mol. The SMILES string of the molecule is C=C/C(=C\N=C)c1ccnc(Nc2cc(C(=O)O)ccc2C)n1. The lowest BCUT2D eigenvalue weighted by molar-refractivity contribution is 0.0697. The molecule has 0 fully saturated rings. The minimum absolute atomic E-state index is 0.191. The Hall–Kier alpha value is -3.28. The van der Waals surface area contributed by atoms with Crippen molar-refractivity contribution < 1.29 is 9.90 Å². The molecule has 0 aliphatic carbocycles. The zero-order valence-electron chi connectivity index (χ0n) is 12.7. The highest BCUT2D eigenvalue weighted by Gasteiger charge is 2.08. The number of nitrogens with zero attached hydrogens (tertiary/aromatic N) is 3. The fraction of sp³-hybridized carbons (Fsp3) is 0.0588. The number of aromatic nitrogens is 2. The van der Waals surface area contributed by atoms with Crippen molar-refractivity contribution in [1.29, 1.82) is 0 Å². The summed E-state index contributed by atoms with van der Waals surface area (Å²) in [5, 5.41) is 12.1. The number of aryl methyl sites for hydroxylation is 1. The minimum atomic E-state index is -0.989. The molecule has 6 nitrogen and oxygen atoms in total. The second-order valence-corrected chi connectivity index (χ2v) is 4.70. The average Bonchev–Trinajstić information content (AvgIpc) is 2.54. The maximum atomic E-state index is 11.1. The van der Waals surface area contributed by atoms with E-state index in [2.05, 4.69) is 33.6 Å². The van der Waals surface area contributed by atoms with Crippen LogP contribution in [0.2, 0.25) is 0 Å². The van der Waals surface area contributed by atoms with Crippen molar-refractivity contribution in [3.63, 3.8) is 0 Å². The molecule has 2 N–H and O–H groups in total. The molecule has 23 heavy (non-hydrogen) atoms. The number of carboxylic acids is 1. The topological polar surface area (TPSA) is 87.5 Å². The quantitative estimate of drug-likeness (QED) is 0.630. The van der Waals surface area contributed by atoms with Crippen LogP contribution in [0.3, 0.4) is 0 Å². The smallest absolute Gasteiger partial charge is 0.335 e. The fourth-order valence-electron chi connectivity index (χ4n) is 1.91. The Bertz CT molecular complexity index is 797. The van der Waals surface area contributed by atoms with E-state index in [-0.39, 0.29) is 5.56 Å². The van der Waals surface area contributed by atoms with E-state index < -0.39 is 5.97 Å². The summed E-state index contributed by atoms with van der Waals surface area (Å²) in [5.74, 6) is -0.637. The number of hydrogen-bond donors (Lipinski definition) is 2. The molecule has 6 heteroatoms. The Balaban J connectivity index is 2.36. The molecular formula is C17H16N4O2. The maximum absolute atomic E-state index is 11.1.